The number of nitrogens with one attached hydrogen (secondary N) is 1. The molecule has 24 heavy (non-hydrogen) atoms. The Kier molecular flexibility index (Phi) is 4.69. The van der Waals surface area contributed by atoms with Gasteiger partial charge in [-0.25, -0.2) is 0 Å². The van der Waals surface area contributed by atoms with E-state index in [-0.39, 0.29) is 5.91 Å². The third kappa shape index (κ3) is 3.50. The summed E-state index contributed by atoms with van der Waals surface area (Å²) in [6.45, 7) is 1.82. The van der Waals surface area contributed by atoms with E-state index in [1.54, 1.807) is 24.5 Å². The number of nitrogens with zero attached hydrogens (tertiary/aromatic N) is 1. The van der Waals surface area contributed by atoms with Crippen LogP contribution in [0.5, 0.6) is 0 Å². The molecule has 0 spiro atoms. The first-order chi connectivity index (χ1) is 11.8. The van der Waals surface area contributed by atoms with Crippen molar-refractivity contribution in [2.24, 2.45) is 0 Å². The molecule has 3 rings (SSSR count). The fourth-order valence-electron chi connectivity index (χ4n) is 2.41. The van der Waals surface area contributed by atoms with Gasteiger partial charge < -0.3 is 5.32 Å². The first-order valence-electron chi connectivity index (χ1n) is 7.61. The Balaban J connectivity index is 1.90. The number of anilines is 1. The van der Waals surface area contributed by atoms with Gasteiger partial charge >= 0.3 is 0 Å². The zero-order valence-electron chi connectivity index (χ0n) is 13.3. The fraction of sp³-hybridized carbons (Fsp3) is 0.0476. The van der Waals surface area contributed by atoms with Crippen LogP contribution in [0.25, 0.3) is 11.1 Å². The second-order valence-electron chi connectivity index (χ2n) is 5.19. The van der Waals surface area contributed by atoms with Gasteiger partial charge in [-0.1, -0.05) is 36.3 Å². The van der Waals surface area contributed by atoms with Crippen molar-refractivity contribution in [2.75, 3.05) is 5.32 Å². The maximum absolute atomic E-state index is 12.4. The summed E-state index contributed by atoms with van der Waals surface area (Å²) in [6, 6.07) is 19.2. The summed E-state index contributed by atoms with van der Waals surface area (Å²) in [6.07, 6.45) is 3.20. The van der Waals surface area contributed by atoms with Crippen molar-refractivity contribution in [1.82, 2.24) is 4.98 Å². The second-order valence-corrected chi connectivity index (χ2v) is 5.19. The Labute approximate surface area is 141 Å². The third-order valence-corrected chi connectivity index (χ3v) is 3.56. The molecule has 0 radical (unpaired) electrons. The molecule has 0 saturated carbocycles. The molecule has 0 aliphatic rings. The molecule has 1 heterocycles. The van der Waals surface area contributed by atoms with Gasteiger partial charge in [-0.05, 0) is 42.8 Å². The van der Waals surface area contributed by atoms with Crippen LogP contribution in [0.4, 0.5) is 5.69 Å². The molecule has 116 valence electrons. The lowest BCUT2D eigenvalue weighted by Crippen LogP contribution is -2.12. The molecule has 3 aromatic rings. The number of pyridine rings is 1. The number of carbonyl (C=O) groups excluding carboxylic acids is 1. The molecule has 3 nitrogen and oxygen atoms in total. The number of benzene rings is 2. The van der Waals surface area contributed by atoms with Gasteiger partial charge in [0.1, 0.15) is 0 Å². The highest BCUT2D eigenvalue weighted by molar-refractivity contribution is 6.06. The third-order valence-electron chi connectivity index (χ3n) is 3.56. The normalized spacial score (nSPS) is 9.71. The molecule has 0 saturated heterocycles. The Hall–Kier alpha value is -3.38. The molecule has 1 amide bonds. The Morgan fingerprint density at radius 1 is 1.00 bits per heavy atom. The van der Waals surface area contributed by atoms with Gasteiger partial charge in [-0.2, -0.15) is 0 Å². The molecular weight excluding hydrogens is 296 g/mol. The van der Waals surface area contributed by atoms with E-state index < -0.39 is 0 Å². The minimum atomic E-state index is -0.177. The molecule has 2 aromatic carbocycles. The van der Waals surface area contributed by atoms with E-state index in [0.29, 0.717) is 5.56 Å². The molecule has 0 fully saturated rings. The van der Waals surface area contributed by atoms with Crippen molar-refractivity contribution in [3.63, 3.8) is 0 Å². The lowest BCUT2D eigenvalue weighted by atomic mass is 10.0. The van der Waals surface area contributed by atoms with Crippen molar-refractivity contribution >= 4 is 11.6 Å². The highest BCUT2D eigenvalue weighted by atomic mass is 16.1. The highest BCUT2D eigenvalue weighted by Crippen LogP contribution is 2.28. The number of hydrogen-bond donors (Lipinski definition) is 1. The van der Waals surface area contributed by atoms with E-state index in [2.05, 4.69) is 22.1 Å². The first-order valence-corrected chi connectivity index (χ1v) is 7.61. The van der Waals surface area contributed by atoms with Crippen molar-refractivity contribution in [1.29, 1.82) is 0 Å². The maximum Gasteiger partial charge on any atom is 0.257 e. The van der Waals surface area contributed by atoms with Crippen molar-refractivity contribution in [3.05, 3.63) is 84.2 Å². The summed E-state index contributed by atoms with van der Waals surface area (Å²) < 4.78 is 0. The molecule has 0 unspecified atom stereocenters. The highest BCUT2D eigenvalue weighted by Gasteiger charge is 2.10. The van der Waals surface area contributed by atoms with Gasteiger partial charge in [0.25, 0.3) is 5.91 Å². The van der Waals surface area contributed by atoms with Crippen LogP contribution in [-0.4, -0.2) is 10.9 Å². The average molecular weight is 312 g/mol. The van der Waals surface area contributed by atoms with Crippen LogP contribution in [0.15, 0.2) is 73.1 Å². The molecule has 0 aliphatic carbocycles. The Bertz CT molecular complexity index is 904. The predicted octanol–water partition coefficient (Wildman–Crippen LogP) is 4.37. The molecule has 0 bridgehead atoms. The lowest BCUT2D eigenvalue weighted by Gasteiger charge is -2.11. The van der Waals surface area contributed by atoms with Gasteiger partial charge in [0, 0.05) is 29.2 Å². The van der Waals surface area contributed by atoms with E-state index in [9.17, 15) is 4.79 Å². The minimum Gasteiger partial charge on any atom is -0.321 e. The summed E-state index contributed by atoms with van der Waals surface area (Å²) >= 11 is 0. The van der Waals surface area contributed by atoms with Crippen LogP contribution in [0, 0.1) is 11.8 Å². The van der Waals surface area contributed by atoms with Gasteiger partial charge in [0.2, 0.25) is 0 Å². The standard InChI is InChI=1S/C21H16N2O/c1-2-6-16-10-12-17(13-11-16)19-8-3-4-9-20(19)23-21(24)18-7-5-14-22-15-18/h3-5,7-15H,1H3,(H,23,24). The van der Waals surface area contributed by atoms with Crippen molar-refractivity contribution in [2.45, 2.75) is 6.92 Å². The summed E-state index contributed by atoms with van der Waals surface area (Å²) in [5, 5.41) is 2.96. The van der Waals surface area contributed by atoms with E-state index in [1.807, 2.05) is 55.5 Å². The smallest absolute Gasteiger partial charge is 0.257 e. The Morgan fingerprint density at radius 2 is 1.79 bits per heavy atom. The van der Waals surface area contributed by atoms with Crippen LogP contribution >= 0.6 is 0 Å². The topological polar surface area (TPSA) is 42.0 Å². The summed E-state index contributed by atoms with van der Waals surface area (Å²) in [5.74, 6) is 5.74. The number of amides is 1. The molecule has 1 N–H and O–H groups in total. The lowest BCUT2D eigenvalue weighted by molar-refractivity contribution is 0.102. The zero-order chi connectivity index (χ0) is 16.8. The van der Waals surface area contributed by atoms with Crippen LogP contribution in [0.2, 0.25) is 0 Å². The van der Waals surface area contributed by atoms with Crippen LogP contribution in [0.3, 0.4) is 0 Å². The van der Waals surface area contributed by atoms with Crippen LogP contribution in [-0.2, 0) is 0 Å². The number of rotatable bonds is 3. The van der Waals surface area contributed by atoms with E-state index >= 15 is 0 Å². The monoisotopic (exact) mass is 312 g/mol. The number of para-hydroxylation sites is 1. The van der Waals surface area contributed by atoms with Gasteiger partial charge in [-0.15, -0.1) is 5.92 Å². The number of carbonyl (C=O) groups is 1. The summed E-state index contributed by atoms with van der Waals surface area (Å²) in [4.78, 5) is 16.3. The maximum atomic E-state index is 12.4. The molecule has 0 aliphatic heterocycles. The van der Waals surface area contributed by atoms with Crippen LogP contribution in [0.1, 0.15) is 22.8 Å². The largest absolute Gasteiger partial charge is 0.321 e. The van der Waals surface area contributed by atoms with Gasteiger partial charge in [-0.3, -0.25) is 9.78 Å². The molecule has 1 aromatic heterocycles. The number of hydrogen-bond acceptors (Lipinski definition) is 2. The van der Waals surface area contributed by atoms with E-state index in [4.69, 9.17) is 0 Å². The zero-order valence-corrected chi connectivity index (χ0v) is 13.3. The summed E-state index contributed by atoms with van der Waals surface area (Å²) in [7, 11) is 0. The van der Waals surface area contributed by atoms with Gasteiger partial charge in [0.05, 0.1) is 5.56 Å². The predicted molar refractivity (Wildman–Crippen MR) is 96.6 cm³/mol. The molecule has 0 atom stereocenters. The van der Waals surface area contributed by atoms with Crippen molar-refractivity contribution in [3.8, 4) is 23.0 Å². The van der Waals surface area contributed by atoms with E-state index in [1.165, 1.54) is 0 Å². The summed E-state index contributed by atoms with van der Waals surface area (Å²) in [5.41, 5.74) is 4.25. The second kappa shape index (κ2) is 7.26. The first kappa shape index (κ1) is 15.5. The number of aromatic nitrogens is 1. The Morgan fingerprint density at radius 3 is 2.50 bits per heavy atom. The van der Waals surface area contributed by atoms with Gasteiger partial charge in [0.15, 0.2) is 0 Å². The molecule has 3 heteroatoms. The average Bonchev–Trinajstić information content (AvgIpc) is 2.64. The van der Waals surface area contributed by atoms with Crippen LogP contribution < -0.4 is 5.32 Å². The molecular formula is C21H16N2O. The minimum absolute atomic E-state index is 0.177. The quantitative estimate of drug-likeness (QED) is 0.730. The van der Waals surface area contributed by atoms with E-state index in [0.717, 1.165) is 22.4 Å². The SMILES string of the molecule is CC#Cc1ccc(-c2ccccc2NC(=O)c2cccnc2)cc1. The fourth-order valence-corrected chi connectivity index (χ4v) is 2.41. The van der Waals surface area contributed by atoms with Crippen molar-refractivity contribution < 1.29 is 4.79 Å².